The van der Waals surface area contributed by atoms with Crippen molar-refractivity contribution >= 4 is 33.0 Å². The molecule has 2 heterocycles. The van der Waals surface area contributed by atoms with E-state index < -0.39 is 10.0 Å². The molecule has 0 amide bonds. The predicted octanol–water partition coefficient (Wildman–Crippen LogP) is 5.13. The molecule has 1 aromatic heterocycles. The number of sulfonamides is 1. The highest BCUT2D eigenvalue weighted by molar-refractivity contribution is 7.92. The first-order valence-corrected chi connectivity index (χ1v) is 13.6. The minimum atomic E-state index is -3.90. The van der Waals surface area contributed by atoms with Crippen LogP contribution in [0.5, 0.6) is 11.6 Å². The summed E-state index contributed by atoms with van der Waals surface area (Å²) in [7, 11) is -1.86. The monoisotopic (exact) mass is 513 g/mol. The number of fused-ring (bicyclic) bond motifs is 2. The van der Waals surface area contributed by atoms with Crippen LogP contribution in [0, 0.1) is 6.92 Å². The van der Waals surface area contributed by atoms with Gasteiger partial charge in [0.15, 0.2) is 0 Å². The quantitative estimate of drug-likeness (QED) is 0.492. The van der Waals surface area contributed by atoms with Crippen molar-refractivity contribution in [3.05, 3.63) is 69.9 Å². The molecular weight excluding hydrogens is 486 g/mol. The minimum Gasteiger partial charge on any atom is -0.490 e. The van der Waals surface area contributed by atoms with Crippen LogP contribution in [0.4, 0.5) is 11.4 Å². The standard InChI is InChI=1S/C26H28ClN3O4S/c1-17-20(27)7-5-9-25(17)35(31,32)29-22-15-19-6-3-4-8-21(19)28-26(22)34-16-18-10-11-23-24(14-18)33-13-12-30(23)2/h5,7,9-11,14-15,29H,3-4,6,8,12-13,16H2,1-2H3. The second kappa shape index (κ2) is 9.59. The van der Waals surface area contributed by atoms with Gasteiger partial charge in [0.25, 0.3) is 10.0 Å². The van der Waals surface area contributed by atoms with E-state index in [-0.39, 0.29) is 17.4 Å². The number of hydrogen-bond acceptors (Lipinski definition) is 6. The highest BCUT2D eigenvalue weighted by atomic mass is 35.5. The van der Waals surface area contributed by atoms with Crippen LogP contribution in [0.15, 0.2) is 47.4 Å². The Kier molecular flexibility index (Phi) is 6.51. The molecule has 35 heavy (non-hydrogen) atoms. The molecule has 0 saturated heterocycles. The molecule has 1 aliphatic heterocycles. The molecular formula is C26H28ClN3O4S. The molecule has 1 N–H and O–H groups in total. The molecule has 184 valence electrons. The molecule has 0 spiro atoms. The van der Waals surface area contributed by atoms with Crippen molar-refractivity contribution in [1.29, 1.82) is 0 Å². The van der Waals surface area contributed by atoms with Gasteiger partial charge in [0.05, 0.1) is 17.1 Å². The molecule has 9 heteroatoms. The van der Waals surface area contributed by atoms with Crippen molar-refractivity contribution in [2.75, 3.05) is 29.8 Å². The minimum absolute atomic E-state index is 0.129. The summed E-state index contributed by atoms with van der Waals surface area (Å²) in [6, 6.07) is 12.7. The molecule has 3 aromatic rings. The summed E-state index contributed by atoms with van der Waals surface area (Å²) in [6.07, 6.45) is 3.83. The molecule has 0 bridgehead atoms. The van der Waals surface area contributed by atoms with Crippen LogP contribution in [-0.4, -0.2) is 33.6 Å². The Labute approximate surface area is 211 Å². The number of halogens is 1. The summed E-state index contributed by atoms with van der Waals surface area (Å²) < 4.78 is 41.2. The van der Waals surface area contributed by atoms with Crippen LogP contribution in [0.3, 0.4) is 0 Å². The number of hydrogen-bond donors (Lipinski definition) is 1. The number of aryl methyl sites for hydroxylation is 2. The molecule has 1 aliphatic carbocycles. The summed E-state index contributed by atoms with van der Waals surface area (Å²) in [4.78, 5) is 7.01. The van der Waals surface area contributed by atoms with Gasteiger partial charge in [0, 0.05) is 17.8 Å². The van der Waals surface area contributed by atoms with Crippen LogP contribution in [-0.2, 0) is 29.5 Å². The number of pyridine rings is 1. The Morgan fingerprint density at radius 1 is 1.17 bits per heavy atom. The normalized spacial score (nSPS) is 15.1. The number of nitrogens with one attached hydrogen (secondary N) is 1. The number of likely N-dealkylation sites (N-methyl/N-ethyl adjacent to an activating group) is 1. The van der Waals surface area contributed by atoms with Gasteiger partial charge in [-0.2, -0.15) is 0 Å². The SMILES string of the molecule is Cc1c(Cl)cccc1S(=O)(=O)Nc1cc2c(nc1OCc1ccc3c(c1)OCCN3C)CCCC2. The van der Waals surface area contributed by atoms with E-state index in [2.05, 4.69) is 9.62 Å². The van der Waals surface area contributed by atoms with Gasteiger partial charge in [0.1, 0.15) is 24.7 Å². The van der Waals surface area contributed by atoms with E-state index in [0.717, 1.165) is 60.5 Å². The second-order valence-electron chi connectivity index (χ2n) is 8.98. The number of aromatic nitrogens is 1. The largest absolute Gasteiger partial charge is 0.490 e. The highest BCUT2D eigenvalue weighted by Crippen LogP contribution is 2.35. The Morgan fingerprint density at radius 3 is 2.86 bits per heavy atom. The zero-order valence-corrected chi connectivity index (χ0v) is 21.4. The fourth-order valence-electron chi connectivity index (χ4n) is 4.52. The summed E-state index contributed by atoms with van der Waals surface area (Å²) in [5.74, 6) is 1.08. The number of nitrogens with zero attached hydrogens (tertiary/aromatic N) is 2. The summed E-state index contributed by atoms with van der Waals surface area (Å²) in [6.45, 7) is 3.40. The molecule has 0 radical (unpaired) electrons. The summed E-state index contributed by atoms with van der Waals surface area (Å²) in [5.41, 5.74) is 4.79. The van der Waals surface area contributed by atoms with Gasteiger partial charge in [0.2, 0.25) is 5.88 Å². The molecule has 0 atom stereocenters. The Morgan fingerprint density at radius 2 is 2.00 bits per heavy atom. The summed E-state index contributed by atoms with van der Waals surface area (Å²) in [5, 5.41) is 0.396. The van der Waals surface area contributed by atoms with Gasteiger partial charge in [-0.05, 0) is 79.6 Å². The average molecular weight is 514 g/mol. The van der Waals surface area contributed by atoms with Crippen LogP contribution < -0.4 is 19.1 Å². The molecule has 0 fully saturated rings. The van der Waals surface area contributed by atoms with Crippen LogP contribution in [0.2, 0.25) is 5.02 Å². The molecule has 5 rings (SSSR count). The Bertz CT molecular complexity index is 1380. The van der Waals surface area contributed by atoms with Crippen LogP contribution in [0.25, 0.3) is 0 Å². The lowest BCUT2D eigenvalue weighted by Crippen LogP contribution is -2.28. The first kappa shape index (κ1) is 23.8. The van der Waals surface area contributed by atoms with E-state index in [1.807, 2.05) is 31.3 Å². The van der Waals surface area contributed by atoms with Crippen molar-refractivity contribution in [2.45, 2.75) is 44.1 Å². The topological polar surface area (TPSA) is 80.8 Å². The number of ether oxygens (including phenoxy) is 2. The summed E-state index contributed by atoms with van der Waals surface area (Å²) >= 11 is 6.18. The van der Waals surface area contributed by atoms with Crippen molar-refractivity contribution in [3.8, 4) is 11.6 Å². The maximum Gasteiger partial charge on any atom is 0.262 e. The highest BCUT2D eigenvalue weighted by Gasteiger charge is 2.23. The predicted molar refractivity (Wildman–Crippen MR) is 137 cm³/mol. The molecule has 2 aromatic carbocycles. The fourth-order valence-corrected chi connectivity index (χ4v) is 6.07. The van der Waals surface area contributed by atoms with Gasteiger partial charge < -0.3 is 14.4 Å². The van der Waals surface area contributed by atoms with Crippen molar-refractivity contribution in [3.63, 3.8) is 0 Å². The lowest BCUT2D eigenvalue weighted by molar-refractivity contribution is 0.289. The van der Waals surface area contributed by atoms with E-state index in [4.69, 9.17) is 26.1 Å². The van der Waals surface area contributed by atoms with Gasteiger partial charge in [-0.25, -0.2) is 13.4 Å². The smallest absolute Gasteiger partial charge is 0.262 e. The Balaban J connectivity index is 1.45. The lowest BCUT2D eigenvalue weighted by Gasteiger charge is -2.28. The number of rotatable bonds is 6. The maximum absolute atomic E-state index is 13.3. The van der Waals surface area contributed by atoms with E-state index >= 15 is 0 Å². The van der Waals surface area contributed by atoms with E-state index in [1.165, 1.54) is 0 Å². The fraction of sp³-hybridized carbons (Fsp3) is 0.346. The first-order valence-electron chi connectivity index (χ1n) is 11.7. The van der Waals surface area contributed by atoms with Crippen molar-refractivity contribution < 1.29 is 17.9 Å². The van der Waals surface area contributed by atoms with Crippen molar-refractivity contribution in [2.24, 2.45) is 0 Å². The van der Waals surface area contributed by atoms with E-state index in [9.17, 15) is 8.42 Å². The maximum atomic E-state index is 13.3. The number of benzene rings is 2. The third-order valence-electron chi connectivity index (χ3n) is 6.51. The van der Waals surface area contributed by atoms with Gasteiger partial charge in [-0.15, -0.1) is 0 Å². The van der Waals surface area contributed by atoms with Gasteiger partial charge >= 0.3 is 0 Å². The lowest BCUT2D eigenvalue weighted by atomic mass is 9.96. The average Bonchev–Trinajstić information content (AvgIpc) is 2.84. The third kappa shape index (κ3) is 4.90. The third-order valence-corrected chi connectivity index (χ3v) is 8.43. The zero-order valence-electron chi connectivity index (χ0n) is 19.8. The van der Waals surface area contributed by atoms with Gasteiger partial charge in [-0.1, -0.05) is 23.7 Å². The second-order valence-corrected chi connectivity index (χ2v) is 11.0. The molecule has 2 aliphatic rings. The molecule has 7 nitrogen and oxygen atoms in total. The van der Waals surface area contributed by atoms with E-state index in [1.54, 1.807) is 25.1 Å². The van der Waals surface area contributed by atoms with Crippen molar-refractivity contribution in [1.82, 2.24) is 4.98 Å². The Hall–Kier alpha value is -2.97. The van der Waals surface area contributed by atoms with Gasteiger partial charge in [-0.3, -0.25) is 4.72 Å². The molecule has 0 unspecified atom stereocenters. The zero-order chi connectivity index (χ0) is 24.6. The van der Waals surface area contributed by atoms with Crippen LogP contribution in [0.1, 0.15) is 35.2 Å². The number of anilines is 2. The molecule has 0 saturated carbocycles. The van der Waals surface area contributed by atoms with Crippen LogP contribution >= 0.6 is 11.6 Å². The van der Waals surface area contributed by atoms with E-state index in [0.29, 0.717) is 22.9 Å². The first-order chi connectivity index (χ1) is 16.8.